The maximum atomic E-state index is 9.95. The van der Waals surface area contributed by atoms with Gasteiger partial charge in [-0.1, -0.05) is 12.1 Å². The number of nitrogens with zero attached hydrogens (tertiary/aromatic N) is 6. The van der Waals surface area contributed by atoms with Crippen LogP contribution in [-0.2, 0) is 5.54 Å². The fraction of sp³-hybridized carbons (Fsp3) is 0.500. The second-order valence-electron chi connectivity index (χ2n) is 8.24. The number of hydrogen-bond donors (Lipinski definition) is 1. The van der Waals surface area contributed by atoms with Crippen molar-refractivity contribution >= 4 is 10.9 Å². The highest BCUT2D eigenvalue weighted by Crippen LogP contribution is 2.33. The van der Waals surface area contributed by atoms with Crippen LogP contribution in [0.5, 0.6) is 0 Å². The standard InChI is InChI=1S/C20H26N6O/c1-20(2,3)26-19(22-23-24-26)18(25-11-8-16(27)9-12-25)15-6-7-17-14(13-15)5-4-10-21-17/h4-7,10,13,16,18,27H,8-9,11-12H2,1-3H3/t18-/m1/s1. The molecule has 1 aromatic carbocycles. The Labute approximate surface area is 159 Å². The van der Waals surface area contributed by atoms with Crippen LogP contribution in [0.1, 0.15) is 51.0 Å². The highest BCUT2D eigenvalue weighted by Gasteiger charge is 2.33. The molecule has 1 fully saturated rings. The van der Waals surface area contributed by atoms with Crippen LogP contribution in [0.15, 0.2) is 36.5 Å². The summed E-state index contributed by atoms with van der Waals surface area (Å²) in [6, 6.07) is 10.3. The van der Waals surface area contributed by atoms with E-state index in [1.807, 2.05) is 16.9 Å². The van der Waals surface area contributed by atoms with E-state index in [0.29, 0.717) is 0 Å². The quantitative estimate of drug-likeness (QED) is 0.767. The maximum Gasteiger partial charge on any atom is 0.173 e. The number of fused-ring (bicyclic) bond motifs is 1. The van der Waals surface area contributed by atoms with Gasteiger partial charge in [-0.3, -0.25) is 9.88 Å². The largest absolute Gasteiger partial charge is 0.393 e. The molecule has 7 heteroatoms. The van der Waals surface area contributed by atoms with Crippen molar-refractivity contribution < 1.29 is 5.11 Å². The molecule has 4 rings (SSSR count). The molecule has 0 amide bonds. The Morgan fingerprint density at radius 2 is 1.93 bits per heavy atom. The summed E-state index contributed by atoms with van der Waals surface area (Å²) in [7, 11) is 0. The summed E-state index contributed by atoms with van der Waals surface area (Å²) in [6.07, 6.45) is 3.12. The SMILES string of the molecule is CC(C)(C)n1nnnc1[C@@H](c1ccc2ncccc2c1)N1CCC(O)CC1. The van der Waals surface area contributed by atoms with Crippen LogP contribution in [0, 0.1) is 0 Å². The molecule has 1 saturated heterocycles. The van der Waals surface area contributed by atoms with Gasteiger partial charge in [0.25, 0.3) is 0 Å². The zero-order chi connectivity index (χ0) is 19.0. The molecule has 2 aromatic heterocycles. The van der Waals surface area contributed by atoms with Gasteiger partial charge in [0.1, 0.15) is 0 Å². The first-order chi connectivity index (χ1) is 12.9. The van der Waals surface area contributed by atoms with Crippen molar-refractivity contribution in [1.29, 1.82) is 0 Å². The van der Waals surface area contributed by atoms with Crippen molar-refractivity contribution in [2.45, 2.75) is 51.3 Å². The molecule has 3 heterocycles. The van der Waals surface area contributed by atoms with Gasteiger partial charge in [-0.15, -0.1) is 5.10 Å². The highest BCUT2D eigenvalue weighted by molar-refractivity contribution is 5.79. The van der Waals surface area contributed by atoms with E-state index in [1.165, 1.54) is 0 Å². The van der Waals surface area contributed by atoms with Gasteiger partial charge < -0.3 is 5.11 Å². The number of piperidine rings is 1. The lowest BCUT2D eigenvalue weighted by Gasteiger charge is -2.36. The number of aromatic nitrogens is 5. The van der Waals surface area contributed by atoms with Crippen LogP contribution in [0.3, 0.4) is 0 Å². The van der Waals surface area contributed by atoms with Crippen LogP contribution < -0.4 is 0 Å². The predicted molar refractivity (Wildman–Crippen MR) is 103 cm³/mol. The van der Waals surface area contributed by atoms with E-state index in [1.54, 1.807) is 0 Å². The zero-order valence-electron chi connectivity index (χ0n) is 16.1. The first-order valence-corrected chi connectivity index (χ1v) is 9.49. The minimum Gasteiger partial charge on any atom is -0.393 e. The van der Waals surface area contributed by atoms with E-state index >= 15 is 0 Å². The van der Waals surface area contributed by atoms with Crippen LogP contribution in [0.4, 0.5) is 0 Å². The van der Waals surface area contributed by atoms with E-state index < -0.39 is 0 Å². The summed E-state index contributed by atoms with van der Waals surface area (Å²) >= 11 is 0. The third kappa shape index (κ3) is 3.57. The predicted octanol–water partition coefficient (Wildman–Crippen LogP) is 2.52. The van der Waals surface area contributed by atoms with Gasteiger partial charge >= 0.3 is 0 Å². The van der Waals surface area contributed by atoms with Gasteiger partial charge in [0.2, 0.25) is 0 Å². The molecular formula is C20H26N6O. The maximum absolute atomic E-state index is 9.95. The van der Waals surface area contributed by atoms with Gasteiger partial charge in [0.15, 0.2) is 5.82 Å². The first kappa shape index (κ1) is 18.0. The second kappa shape index (κ2) is 6.98. The Bertz CT molecular complexity index is 923. The van der Waals surface area contributed by atoms with Crippen molar-refractivity contribution in [1.82, 2.24) is 30.1 Å². The van der Waals surface area contributed by atoms with Gasteiger partial charge in [0, 0.05) is 24.7 Å². The number of rotatable bonds is 3. The number of likely N-dealkylation sites (tertiary alicyclic amines) is 1. The number of aliphatic hydroxyl groups is 1. The second-order valence-corrected chi connectivity index (χ2v) is 8.24. The molecular weight excluding hydrogens is 340 g/mol. The first-order valence-electron chi connectivity index (χ1n) is 9.49. The van der Waals surface area contributed by atoms with E-state index in [2.05, 4.69) is 70.4 Å². The smallest absolute Gasteiger partial charge is 0.173 e. The molecule has 1 aliphatic heterocycles. The summed E-state index contributed by atoms with van der Waals surface area (Å²) in [4.78, 5) is 6.80. The molecule has 0 unspecified atom stereocenters. The third-order valence-corrected chi connectivity index (χ3v) is 5.18. The molecule has 1 atom stereocenters. The third-order valence-electron chi connectivity index (χ3n) is 5.18. The average molecular weight is 366 g/mol. The van der Waals surface area contributed by atoms with Crippen LogP contribution in [0.2, 0.25) is 0 Å². The van der Waals surface area contributed by atoms with Crippen LogP contribution in [0.25, 0.3) is 10.9 Å². The van der Waals surface area contributed by atoms with Crippen molar-refractivity contribution in [3.05, 3.63) is 47.9 Å². The topological polar surface area (TPSA) is 80.0 Å². The number of tetrazole rings is 1. The Kier molecular flexibility index (Phi) is 4.65. The fourth-order valence-electron chi connectivity index (χ4n) is 3.77. The van der Waals surface area contributed by atoms with Crippen LogP contribution in [-0.4, -0.2) is 54.4 Å². The van der Waals surface area contributed by atoms with Crippen molar-refractivity contribution in [3.63, 3.8) is 0 Å². The molecule has 3 aromatic rings. The Morgan fingerprint density at radius 1 is 1.15 bits per heavy atom. The number of pyridine rings is 1. The summed E-state index contributed by atoms with van der Waals surface area (Å²) in [5.41, 5.74) is 1.90. The highest BCUT2D eigenvalue weighted by atomic mass is 16.3. The average Bonchev–Trinajstić information content (AvgIpc) is 3.13. The lowest BCUT2D eigenvalue weighted by Crippen LogP contribution is -2.41. The normalized spacial score (nSPS) is 18.1. The summed E-state index contributed by atoms with van der Waals surface area (Å²) in [6.45, 7) is 7.94. The molecule has 0 saturated carbocycles. The lowest BCUT2D eigenvalue weighted by molar-refractivity contribution is 0.0650. The minimum absolute atomic E-state index is 0.0590. The van der Waals surface area contributed by atoms with Crippen molar-refractivity contribution in [2.24, 2.45) is 0 Å². The minimum atomic E-state index is -0.221. The van der Waals surface area contributed by atoms with Crippen molar-refractivity contribution in [2.75, 3.05) is 13.1 Å². The Morgan fingerprint density at radius 3 is 2.67 bits per heavy atom. The van der Waals surface area contributed by atoms with E-state index in [-0.39, 0.29) is 17.7 Å². The Balaban J connectivity index is 1.82. The van der Waals surface area contributed by atoms with Gasteiger partial charge in [0.05, 0.1) is 23.2 Å². The van der Waals surface area contributed by atoms with Gasteiger partial charge in [-0.05, 0) is 67.8 Å². The molecule has 1 aliphatic rings. The van der Waals surface area contributed by atoms with Crippen LogP contribution >= 0.6 is 0 Å². The Hall–Kier alpha value is -2.38. The summed E-state index contributed by atoms with van der Waals surface area (Å²) < 4.78 is 1.91. The van der Waals surface area contributed by atoms with Gasteiger partial charge in [-0.25, -0.2) is 4.68 Å². The number of benzene rings is 1. The molecule has 0 spiro atoms. The zero-order valence-corrected chi connectivity index (χ0v) is 16.1. The van der Waals surface area contributed by atoms with Gasteiger partial charge in [-0.2, -0.15) is 0 Å². The lowest BCUT2D eigenvalue weighted by atomic mass is 9.97. The molecule has 1 N–H and O–H groups in total. The molecule has 0 radical (unpaired) electrons. The monoisotopic (exact) mass is 366 g/mol. The number of hydrogen-bond acceptors (Lipinski definition) is 6. The molecule has 27 heavy (non-hydrogen) atoms. The molecule has 142 valence electrons. The van der Waals surface area contributed by atoms with E-state index in [4.69, 9.17) is 0 Å². The van der Waals surface area contributed by atoms with Crippen molar-refractivity contribution in [3.8, 4) is 0 Å². The summed E-state index contributed by atoms with van der Waals surface area (Å²) in [5.74, 6) is 0.835. The molecule has 7 nitrogen and oxygen atoms in total. The number of aliphatic hydroxyl groups excluding tert-OH is 1. The van der Waals surface area contributed by atoms with E-state index in [0.717, 1.165) is 48.2 Å². The molecule has 0 bridgehead atoms. The summed E-state index contributed by atoms with van der Waals surface area (Å²) in [5, 5.41) is 23.7. The fourth-order valence-corrected chi connectivity index (χ4v) is 3.77. The van der Waals surface area contributed by atoms with E-state index in [9.17, 15) is 5.11 Å². The molecule has 0 aliphatic carbocycles.